The van der Waals surface area contributed by atoms with Crippen molar-refractivity contribution in [3.05, 3.63) is 59.7 Å². The van der Waals surface area contributed by atoms with Gasteiger partial charge in [-0.1, -0.05) is 30.3 Å². The van der Waals surface area contributed by atoms with Gasteiger partial charge >= 0.3 is 12.2 Å². The van der Waals surface area contributed by atoms with Crippen LogP contribution in [0.1, 0.15) is 17.2 Å². The maximum Gasteiger partial charge on any atom is 0.418 e. The molecule has 1 unspecified atom stereocenters. The Hall–Kier alpha value is -2.78. The van der Waals surface area contributed by atoms with Crippen molar-refractivity contribution >= 4 is 17.4 Å². The molecule has 3 N–H and O–H groups in total. The first kappa shape index (κ1) is 20.9. The second-order valence-electron chi connectivity index (χ2n) is 6.57. The van der Waals surface area contributed by atoms with Gasteiger partial charge in [-0.2, -0.15) is 13.2 Å². The molecule has 0 saturated carbocycles. The van der Waals surface area contributed by atoms with Crippen molar-refractivity contribution in [3.8, 4) is 0 Å². The molecule has 1 aliphatic rings. The second kappa shape index (κ2) is 9.15. The molecule has 2 aromatic carbocycles. The van der Waals surface area contributed by atoms with Gasteiger partial charge in [0.25, 0.3) is 0 Å². The lowest BCUT2D eigenvalue weighted by Gasteiger charge is -2.29. The molecular formula is C20H22F3N3O3. The van der Waals surface area contributed by atoms with E-state index < -0.39 is 23.8 Å². The van der Waals surface area contributed by atoms with Gasteiger partial charge in [0, 0.05) is 18.8 Å². The quantitative estimate of drug-likeness (QED) is 0.708. The minimum absolute atomic E-state index is 0.350. The Labute approximate surface area is 166 Å². The average molecular weight is 409 g/mol. The van der Waals surface area contributed by atoms with Crippen molar-refractivity contribution in [2.24, 2.45) is 0 Å². The summed E-state index contributed by atoms with van der Waals surface area (Å²) in [6.07, 6.45) is -4.64. The van der Waals surface area contributed by atoms with Gasteiger partial charge in [0.15, 0.2) is 0 Å². The van der Waals surface area contributed by atoms with Crippen LogP contribution in [0.5, 0.6) is 0 Å². The number of hydrogen-bond donors (Lipinski definition) is 3. The zero-order chi connectivity index (χ0) is 20.9. The molecule has 0 aliphatic carbocycles. The van der Waals surface area contributed by atoms with Crippen LogP contribution in [0, 0.1) is 0 Å². The SMILES string of the molecule is O=C(Nc1ccc(N2CCOCC2)cc1C(F)(F)F)NC(CO)c1ccccc1. The first-order valence-corrected chi connectivity index (χ1v) is 9.16. The number of ether oxygens (including phenoxy) is 1. The highest BCUT2D eigenvalue weighted by atomic mass is 19.4. The van der Waals surface area contributed by atoms with Gasteiger partial charge < -0.3 is 25.4 Å². The number of aliphatic hydroxyl groups excluding tert-OH is 1. The number of urea groups is 1. The van der Waals surface area contributed by atoms with Crippen LogP contribution in [-0.2, 0) is 10.9 Å². The van der Waals surface area contributed by atoms with Gasteiger partial charge in [0.05, 0.1) is 37.1 Å². The molecule has 0 bridgehead atoms. The van der Waals surface area contributed by atoms with Crippen molar-refractivity contribution in [1.29, 1.82) is 0 Å². The van der Waals surface area contributed by atoms with Crippen LogP contribution in [0.4, 0.5) is 29.3 Å². The van der Waals surface area contributed by atoms with Crippen molar-refractivity contribution < 1.29 is 27.8 Å². The van der Waals surface area contributed by atoms with E-state index in [1.54, 1.807) is 35.2 Å². The van der Waals surface area contributed by atoms with Crippen LogP contribution >= 0.6 is 0 Å². The monoisotopic (exact) mass is 409 g/mol. The van der Waals surface area contributed by atoms with Crippen LogP contribution in [0.15, 0.2) is 48.5 Å². The number of hydrogen-bond acceptors (Lipinski definition) is 4. The smallest absolute Gasteiger partial charge is 0.394 e. The number of carbonyl (C=O) groups is 1. The molecule has 2 amide bonds. The van der Waals surface area contributed by atoms with Crippen LogP contribution in [0.3, 0.4) is 0 Å². The second-order valence-corrected chi connectivity index (χ2v) is 6.57. The summed E-state index contributed by atoms with van der Waals surface area (Å²) < 4.78 is 46.0. The Morgan fingerprint density at radius 2 is 1.83 bits per heavy atom. The van der Waals surface area contributed by atoms with Gasteiger partial charge in [-0.3, -0.25) is 0 Å². The molecule has 0 spiro atoms. The number of halogens is 3. The molecule has 1 heterocycles. The highest BCUT2D eigenvalue weighted by Crippen LogP contribution is 2.37. The van der Waals surface area contributed by atoms with Gasteiger partial charge in [-0.25, -0.2) is 4.79 Å². The van der Waals surface area contributed by atoms with Gasteiger partial charge in [-0.15, -0.1) is 0 Å². The van der Waals surface area contributed by atoms with Gasteiger partial charge in [-0.05, 0) is 23.8 Å². The number of morpholine rings is 1. The van der Waals surface area contributed by atoms with E-state index in [4.69, 9.17) is 4.74 Å². The highest BCUT2D eigenvalue weighted by Gasteiger charge is 2.35. The van der Waals surface area contributed by atoms with Crippen molar-refractivity contribution in [2.75, 3.05) is 43.1 Å². The molecule has 9 heteroatoms. The minimum Gasteiger partial charge on any atom is -0.394 e. The lowest BCUT2D eigenvalue weighted by Crippen LogP contribution is -2.36. The third-order valence-corrected chi connectivity index (χ3v) is 4.62. The Bertz CT molecular complexity index is 825. The predicted octanol–water partition coefficient (Wildman–Crippen LogP) is 3.40. The molecule has 6 nitrogen and oxygen atoms in total. The highest BCUT2D eigenvalue weighted by molar-refractivity contribution is 5.91. The van der Waals surface area contributed by atoms with Crippen molar-refractivity contribution in [2.45, 2.75) is 12.2 Å². The zero-order valence-electron chi connectivity index (χ0n) is 15.6. The summed E-state index contributed by atoms with van der Waals surface area (Å²) >= 11 is 0. The molecule has 0 aromatic heterocycles. The van der Waals surface area contributed by atoms with E-state index in [1.807, 2.05) is 0 Å². The van der Waals surface area contributed by atoms with Crippen LogP contribution in [0.2, 0.25) is 0 Å². The fourth-order valence-corrected chi connectivity index (χ4v) is 3.13. The summed E-state index contributed by atoms with van der Waals surface area (Å²) in [5, 5.41) is 14.3. The maximum absolute atomic E-state index is 13.6. The van der Waals surface area contributed by atoms with E-state index in [0.717, 1.165) is 6.07 Å². The topological polar surface area (TPSA) is 73.8 Å². The molecule has 1 fully saturated rings. The number of alkyl halides is 3. The Morgan fingerprint density at radius 1 is 1.14 bits per heavy atom. The minimum atomic E-state index is -4.64. The van der Waals surface area contributed by atoms with Crippen molar-refractivity contribution in [3.63, 3.8) is 0 Å². The molecule has 3 rings (SSSR count). The number of aliphatic hydroxyl groups is 1. The summed E-state index contributed by atoms with van der Waals surface area (Å²) in [7, 11) is 0. The Morgan fingerprint density at radius 3 is 2.45 bits per heavy atom. The van der Waals surface area contributed by atoms with Gasteiger partial charge in [0.2, 0.25) is 0 Å². The fraction of sp³-hybridized carbons (Fsp3) is 0.350. The summed E-state index contributed by atoms with van der Waals surface area (Å²) in [6, 6.07) is 10.9. The lowest BCUT2D eigenvalue weighted by atomic mass is 10.1. The largest absolute Gasteiger partial charge is 0.418 e. The summed E-state index contributed by atoms with van der Waals surface area (Å²) in [5.74, 6) is 0. The van der Waals surface area contributed by atoms with Crippen molar-refractivity contribution in [1.82, 2.24) is 5.32 Å². The number of amides is 2. The molecule has 1 saturated heterocycles. The molecule has 29 heavy (non-hydrogen) atoms. The van der Waals surface area contributed by atoms with Crippen LogP contribution in [-0.4, -0.2) is 44.0 Å². The number of nitrogens with zero attached hydrogens (tertiary/aromatic N) is 1. The summed E-state index contributed by atoms with van der Waals surface area (Å²) in [4.78, 5) is 14.1. The number of carbonyl (C=O) groups excluding carboxylic acids is 1. The third kappa shape index (κ3) is 5.39. The van der Waals surface area contributed by atoms with E-state index in [2.05, 4.69) is 10.6 Å². The molecule has 2 aromatic rings. The molecular weight excluding hydrogens is 387 g/mol. The first-order valence-electron chi connectivity index (χ1n) is 9.16. The Kier molecular flexibility index (Phi) is 6.60. The third-order valence-electron chi connectivity index (χ3n) is 4.62. The molecule has 1 aliphatic heterocycles. The fourth-order valence-electron chi connectivity index (χ4n) is 3.13. The zero-order valence-corrected chi connectivity index (χ0v) is 15.6. The van der Waals surface area contributed by atoms with E-state index in [9.17, 15) is 23.1 Å². The summed E-state index contributed by atoms with van der Waals surface area (Å²) in [6.45, 7) is 1.51. The lowest BCUT2D eigenvalue weighted by molar-refractivity contribution is -0.136. The number of benzene rings is 2. The molecule has 0 radical (unpaired) electrons. The van der Waals surface area contributed by atoms with Crippen LogP contribution < -0.4 is 15.5 Å². The summed E-state index contributed by atoms with van der Waals surface area (Å²) in [5.41, 5.74) is -0.221. The standard InChI is InChI=1S/C20H22F3N3O3/c21-20(22,23)16-12-15(26-8-10-29-11-9-26)6-7-17(16)24-19(28)25-18(13-27)14-4-2-1-3-5-14/h1-7,12,18,27H,8-11,13H2,(H2,24,25,28). The predicted molar refractivity (Wildman–Crippen MR) is 103 cm³/mol. The average Bonchev–Trinajstić information content (AvgIpc) is 2.73. The first-order chi connectivity index (χ1) is 13.9. The van der Waals surface area contributed by atoms with E-state index in [1.165, 1.54) is 12.1 Å². The number of rotatable bonds is 5. The molecule has 1 atom stereocenters. The van der Waals surface area contributed by atoms with E-state index in [-0.39, 0.29) is 12.3 Å². The van der Waals surface area contributed by atoms with Crippen LogP contribution in [0.25, 0.3) is 0 Å². The van der Waals surface area contributed by atoms with E-state index >= 15 is 0 Å². The number of anilines is 2. The van der Waals surface area contributed by atoms with Gasteiger partial charge in [0.1, 0.15) is 0 Å². The number of nitrogens with one attached hydrogen (secondary N) is 2. The molecule has 156 valence electrons. The Balaban J connectivity index is 1.77. The van der Waals surface area contributed by atoms with E-state index in [0.29, 0.717) is 37.6 Å². The normalized spacial score (nSPS) is 15.7. The maximum atomic E-state index is 13.6.